The van der Waals surface area contributed by atoms with E-state index in [2.05, 4.69) is 10.1 Å². The number of Topliss-reactive ketones (excluding diaryl/α,β-unsaturated/α-hetero) is 1. The van der Waals surface area contributed by atoms with Crippen LogP contribution in [0.4, 0.5) is 0 Å². The van der Waals surface area contributed by atoms with Crippen LogP contribution in [0.2, 0.25) is 0 Å². The zero-order chi connectivity index (χ0) is 21.2. The van der Waals surface area contributed by atoms with Crippen LogP contribution in [0.15, 0.2) is 18.5 Å². The minimum Gasteiger partial charge on any atom is -0.364 e. The van der Waals surface area contributed by atoms with Crippen molar-refractivity contribution in [3.05, 3.63) is 24.2 Å². The van der Waals surface area contributed by atoms with Gasteiger partial charge in [-0.3, -0.25) is 24.0 Å². The van der Waals surface area contributed by atoms with E-state index in [1.807, 2.05) is 0 Å². The molecular formula is C20H21Cl2N5O3. The quantitative estimate of drug-likeness (QED) is 0.650. The number of nitrogens with zero attached hydrogens (tertiary/aromatic N) is 4. The second kappa shape index (κ2) is 6.92. The Morgan fingerprint density at radius 1 is 1.27 bits per heavy atom. The third-order valence-electron chi connectivity index (χ3n) is 6.53. The van der Waals surface area contributed by atoms with Gasteiger partial charge in [0.05, 0.1) is 16.9 Å². The topological polar surface area (TPSA) is 111 Å². The molecule has 1 saturated heterocycles. The van der Waals surface area contributed by atoms with E-state index < -0.39 is 16.3 Å². The number of ketones is 1. The fourth-order valence-electron chi connectivity index (χ4n) is 4.70. The zero-order valence-corrected chi connectivity index (χ0v) is 17.6. The lowest BCUT2D eigenvalue weighted by Gasteiger charge is -2.27. The number of carbonyl (C=O) groups is 3. The van der Waals surface area contributed by atoms with Crippen LogP contribution in [0.25, 0.3) is 10.9 Å². The van der Waals surface area contributed by atoms with Crippen LogP contribution >= 0.6 is 23.2 Å². The van der Waals surface area contributed by atoms with Gasteiger partial charge in [-0.25, -0.2) is 0 Å². The predicted molar refractivity (Wildman–Crippen MR) is 110 cm³/mol. The summed E-state index contributed by atoms with van der Waals surface area (Å²) in [5, 5.41) is 4.74. The van der Waals surface area contributed by atoms with Crippen molar-refractivity contribution in [1.29, 1.82) is 0 Å². The highest BCUT2D eigenvalue weighted by Gasteiger charge is 2.56. The fraction of sp³-hybridized carbons (Fsp3) is 0.550. The first-order valence-corrected chi connectivity index (χ1v) is 10.8. The van der Waals surface area contributed by atoms with E-state index in [4.69, 9.17) is 28.9 Å². The van der Waals surface area contributed by atoms with Gasteiger partial charge < -0.3 is 10.6 Å². The molecule has 2 aromatic rings. The summed E-state index contributed by atoms with van der Waals surface area (Å²) in [6, 6.07) is 1.40. The Morgan fingerprint density at radius 2 is 2.03 bits per heavy atom. The molecule has 2 saturated carbocycles. The van der Waals surface area contributed by atoms with Crippen LogP contribution in [0.3, 0.4) is 0 Å². The number of piperidine rings is 1. The van der Waals surface area contributed by atoms with Crippen molar-refractivity contribution >= 4 is 51.7 Å². The number of fused-ring (bicyclic) bond motifs is 2. The summed E-state index contributed by atoms with van der Waals surface area (Å²) >= 11 is 12.1. The number of alkyl halides is 2. The van der Waals surface area contributed by atoms with E-state index >= 15 is 0 Å². The molecular weight excluding hydrogens is 429 g/mol. The number of primary amides is 1. The molecule has 3 fully saturated rings. The first-order valence-electron chi connectivity index (χ1n) is 10.1. The normalized spacial score (nSPS) is 28.4. The van der Waals surface area contributed by atoms with Gasteiger partial charge in [-0.05, 0) is 43.6 Å². The minimum absolute atomic E-state index is 0.0596. The third kappa shape index (κ3) is 3.36. The molecule has 5 rings (SSSR count). The summed E-state index contributed by atoms with van der Waals surface area (Å²) in [6.07, 6.45) is 6.46. The van der Waals surface area contributed by atoms with E-state index in [1.54, 1.807) is 17.2 Å². The van der Waals surface area contributed by atoms with Crippen molar-refractivity contribution in [3.63, 3.8) is 0 Å². The molecule has 0 radical (unpaired) electrons. The molecule has 2 aliphatic carbocycles. The Morgan fingerprint density at radius 3 is 2.73 bits per heavy atom. The van der Waals surface area contributed by atoms with Crippen LogP contribution < -0.4 is 5.73 Å². The molecule has 2 N–H and O–H groups in total. The van der Waals surface area contributed by atoms with Crippen LogP contribution in [-0.2, 0) is 16.1 Å². The van der Waals surface area contributed by atoms with Gasteiger partial charge in [0.25, 0.3) is 5.91 Å². The Labute approximate surface area is 182 Å². The van der Waals surface area contributed by atoms with Crippen molar-refractivity contribution in [2.45, 2.75) is 55.1 Å². The van der Waals surface area contributed by atoms with E-state index in [9.17, 15) is 14.4 Å². The summed E-state index contributed by atoms with van der Waals surface area (Å²) in [5.74, 6) is -0.236. The fourth-order valence-corrected chi connectivity index (χ4v) is 5.29. The van der Waals surface area contributed by atoms with Crippen molar-refractivity contribution in [2.75, 3.05) is 0 Å². The monoisotopic (exact) mass is 449 g/mol. The molecule has 0 aromatic carbocycles. The molecule has 1 aliphatic heterocycles. The average molecular weight is 450 g/mol. The molecule has 0 bridgehead atoms. The lowest BCUT2D eigenvalue weighted by Crippen LogP contribution is -2.44. The Kier molecular flexibility index (Phi) is 4.56. The van der Waals surface area contributed by atoms with Gasteiger partial charge in [0.2, 0.25) is 5.91 Å². The first kappa shape index (κ1) is 19.8. The van der Waals surface area contributed by atoms with Crippen molar-refractivity contribution in [1.82, 2.24) is 19.7 Å². The molecule has 2 aromatic heterocycles. The second-order valence-corrected chi connectivity index (χ2v) is 10.1. The molecule has 3 heterocycles. The number of halogens is 2. The standard InChI is InChI=1S/C20H21Cl2N5O3/c21-20(22)7-11(20)1-2-16(28)15-6-10-5-14(10)27(15)17(29)9-26-13-3-4-24-8-12(13)18(25-26)19(23)30/h3-4,8,10-11,14-15H,1-2,5-7,9H2,(H2,23,30)/t10-,11+,14-,15+/m1/s1. The molecule has 0 spiro atoms. The van der Waals surface area contributed by atoms with E-state index in [0.29, 0.717) is 42.5 Å². The van der Waals surface area contributed by atoms with Crippen molar-refractivity contribution < 1.29 is 14.4 Å². The number of amides is 2. The molecule has 2 amide bonds. The average Bonchev–Trinajstić information content (AvgIpc) is 3.49. The second-order valence-electron chi connectivity index (χ2n) is 8.55. The van der Waals surface area contributed by atoms with Crippen LogP contribution in [-0.4, -0.2) is 53.7 Å². The number of pyridine rings is 1. The van der Waals surface area contributed by atoms with Gasteiger partial charge in [0.15, 0.2) is 11.5 Å². The van der Waals surface area contributed by atoms with Gasteiger partial charge >= 0.3 is 0 Å². The number of hydrogen-bond donors (Lipinski definition) is 1. The smallest absolute Gasteiger partial charge is 0.269 e. The molecule has 10 heteroatoms. The van der Waals surface area contributed by atoms with Gasteiger partial charge in [-0.1, -0.05) is 0 Å². The SMILES string of the molecule is NC(=O)c1nn(CC(=O)N2[C@@H]3C[C@@H]3C[C@H]2C(=O)CC[C@H]2CC2(Cl)Cl)c2ccncc12. The summed E-state index contributed by atoms with van der Waals surface area (Å²) in [4.78, 5) is 43.5. The Hall–Kier alpha value is -2.19. The lowest BCUT2D eigenvalue weighted by atomic mass is 10.0. The minimum atomic E-state index is -0.693. The molecule has 30 heavy (non-hydrogen) atoms. The Bertz CT molecular complexity index is 1070. The number of carbonyl (C=O) groups excluding carboxylic acids is 3. The van der Waals surface area contributed by atoms with Crippen LogP contribution in [0.1, 0.15) is 42.6 Å². The van der Waals surface area contributed by atoms with E-state index in [1.165, 1.54) is 10.9 Å². The lowest BCUT2D eigenvalue weighted by molar-refractivity contribution is -0.139. The largest absolute Gasteiger partial charge is 0.364 e. The molecule has 4 atom stereocenters. The van der Waals surface area contributed by atoms with Crippen LogP contribution in [0, 0.1) is 11.8 Å². The maximum atomic E-state index is 13.2. The van der Waals surface area contributed by atoms with Crippen LogP contribution in [0.5, 0.6) is 0 Å². The van der Waals surface area contributed by atoms with Gasteiger partial charge in [0, 0.05) is 24.9 Å². The maximum absolute atomic E-state index is 13.2. The van der Waals surface area contributed by atoms with Gasteiger partial charge in [0.1, 0.15) is 10.9 Å². The van der Waals surface area contributed by atoms with E-state index in [0.717, 1.165) is 6.42 Å². The molecule has 3 aliphatic rings. The molecule has 158 valence electrons. The highest BCUT2D eigenvalue weighted by Crippen LogP contribution is 2.55. The van der Waals surface area contributed by atoms with E-state index in [-0.39, 0.29) is 35.9 Å². The van der Waals surface area contributed by atoms with Crippen molar-refractivity contribution in [3.8, 4) is 0 Å². The number of nitrogens with two attached hydrogens (primary N) is 1. The predicted octanol–water partition coefficient (Wildman–Crippen LogP) is 2.06. The highest BCUT2D eigenvalue weighted by molar-refractivity contribution is 6.50. The van der Waals surface area contributed by atoms with Crippen molar-refractivity contribution in [2.24, 2.45) is 17.6 Å². The highest BCUT2D eigenvalue weighted by atomic mass is 35.5. The number of rotatable bonds is 7. The number of aromatic nitrogens is 3. The summed E-state index contributed by atoms with van der Waals surface area (Å²) in [6.45, 7) is -0.0596. The van der Waals surface area contributed by atoms with Gasteiger partial charge in [-0.2, -0.15) is 5.10 Å². The zero-order valence-electron chi connectivity index (χ0n) is 16.1. The van der Waals surface area contributed by atoms with Gasteiger partial charge in [-0.15, -0.1) is 23.2 Å². The third-order valence-corrected chi connectivity index (χ3v) is 7.46. The summed E-state index contributed by atoms with van der Waals surface area (Å²) < 4.78 is 0.776. The number of likely N-dealkylation sites (tertiary alicyclic amines) is 1. The Balaban J connectivity index is 1.32. The summed E-state index contributed by atoms with van der Waals surface area (Å²) in [7, 11) is 0. The summed E-state index contributed by atoms with van der Waals surface area (Å²) in [5.41, 5.74) is 6.11. The maximum Gasteiger partial charge on any atom is 0.269 e. The number of hydrogen-bond acceptors (Lipinski definition) is 5. The molecule has 0 unspecified atom stereocenters. The molecule has 8 nitrogen and oxygen atoms in total. The first-order chi connectivity index (χ1) is 14.3.